The lowest BCUT2D eigenvalue weighted by molar-refractivity contribution is -0.151. The molecule has 0 saturated carbocycles. The molecule has 1 N–H and O–H groups in total. The molecule has 0 heterocycles. The van der Waals surface area contributed by atoms with Crippen LogP contribution in [0.25, 0.3) is 0 Å². The highest BCUT2D eigenvalue weighted by atomic mass is 32.2. The first-order valence-electron chi connectivity index (χ1n) is 5.82. The van der Waals surface area contributed by atoms with Crippen molar-refractivity contribution in [3.63, 3.8) is 0 Å². The molecule has 0 spiro atoms. The number of halogens is 1. The molecule has 1 rings (SSSR count). The number of phenols is 1. The molecule has 0 aromatic heterocycles. The Hall–Kier alpha value is -1.94. The number of ether oxygens (including phenoxy) is 1. The summed E-state index contributed by atoms with van der Waals surface area (Å²) in [6.07, 6.45) is 0.0684. The molecule has 0 bridgehead atoms. The van der Waals surface area contributed by atoms with E-state index in [0.717, 1.165) is 0 Å². The van der Waals surface area contributed by atoms with E-state index in [9.17, 15) is 13.8 Å². The highest BCUT2D eigenvalue weighted by Crippen LogP contribution is 2.32. The van der Waals surface area contributed by atoms with Crippen molar-refractivity contribution >= 4 is 18.4 Å². The summed E-state index contributed by atoms with van der Waals surface area (Å²) < 4.78 is 21.3. The number of nitrogens with zero attached hydrogens (tertiary/aromatic N) is 1. The Kier molecular flexibility index (Phi) is 5.65. The normalized spacial score (nSPS) is 13.1. The Morgan fingerprint density at radius 2 is 2.30 bits per heavy atom. The summed E-state index contributed by atoms with van der Waals surface area (Å²) >= 11 is -0.383. The average Bonchev–Trinajstić information content (AvgIpc) is 2.42. The van der Waals surface area contributed by atoms with Crippen LogP contribution in [0.2, 0.25) is 0 Å². The number of hydrogen-bond donors (Lipinski definition) is 1. The average molecular weight is 299 g/mol. The van der Waals surface area contributed by atoms with Gasteiger partial charge in [0.15, 0.2) is 16.9 Å². The van der Waals surface area contributed by atoms with Gasteiger partial charge in [-0.25, -0.2) is 0 Å². The van der Waals surface area contributed by atoms with Crippen LogP contribution in [0.3, 0.4) is 0 Å². The molecule has 1 unspecified atom stereocenters. The molecule has 0 radical (unpaired) electrons. The maximum Gasteiger partial charge on any atom is 0.326 e. The maximum absolute atomic E-state index is 12.0. The van der Waals surface area contributed by atoms with E-state index in [1.165, 1.54) is 19.1 Å². The molecule has 0 aliphatic heterocycles. The lowest BCUT2D eigenvalue weighted by atomic mass is 9.85. The molecule has 0 amide bonds. The number of carbonyl (C=O) groups excluding carboxylic acids is 1. The van der Waals surface area contributed by atoms with Gasteiger partial charge in [0, 0.05) is 6.42 Å². The molecule has 0 aliphatic carbocycles. The van der Waals surface area contributed by atoms with Crippen molar-refractivity contribution in [3.05, 3.63) is 23.8 Å². The quantitative estimate of drug-likeness (QED) is 0.642. The second-order valence-electron chi connectivity index (χ2n) is 4.29. The maximum atomic E-state index is 12.0. The molecule has 20 heavy (non-hydrogen) atoms. The third-order valence-corrected chi connectivity index (χ3v) is 2.92. The fourth-order valence-electron chi connectivity index (χ4n) is 1.63. The van der Waals surface area contributed by atoms with Gasteiger partial charge in [-0.05, 0) is 31.5 Å². The minimum Gasteiger partial charge on any atom is -0.504 e. The number of phenolic OH excluding ortho intramolecular Hbond substituents is 1. The molecule has 1 atom stereocenters. The van der Waals surface area contributed by atoms with Crippen LogP contribution in [0.1, 0.15) is 19.4 Å². The van der Waals surface area contributed by atoms with Gasteiger partial charge in [-0.15, -0.1) is 3.89 Å². The van der Waals surface area contributed by atoms with Crippen LogP contribution in [0.5, 0.6) is 11.5 Å². The van der Waals surface area contributed by atoms with Gasteiger partial charge in [0.05, 0.1) is 12.7 Å². The van der Waals surface area contributed by atoms with Gasteiger partial charge >= 0.3 is 5.97 Å². The van der Waals surface area contributed by atoms with Crippen LogP contribution in [-0.4, -0.2) is 17.7 Å². The molecule has 5 nitrogen and oxygen atoms in total. The fraction of sp³-hybridized carbons (Fsp3) is 0.385. The molecule has 108 valence electrons. The van der Waals surface area contributed by atoms with E-state index in [-0.39, 0.29) is 37.0 Å². The lowest BCUT2D eigenvalue weighted by Crippen LogP contribution is -2.30. The van der Waals surface area contributed by atoms with E-state index in [2.05, 4.69) is 4.18 Å². The van der Waals surface area contributed by atoms with E-state index >= 15 is 0 Å². The molecule has 1 aromatic rings. The highest BCUT2D eigenvalue weighted by Gasteiger charge is 2.35. The number of nitriles is 1. The Balaban J connectivity index is 2.94. The third kappa shape index (κ3) is 3.78. The highest BCUT2D eigenvalue weighted by molar-refractivity contribution is 7.89. The molecule has 0 aliphatic rings. The van der Waals surface area contributed by atoms with Crippen molar-refractivity contribution in [1.29, 1.82) is 5.26 Å². The van der Waals surface area contributed by atoms with Crippen molar-refractivity contribution in [3.8, 4) is 17.6 Å². The number of rotatable bonds is 6. The summed E-state index contributed by atoms with van der Waals surface area (Å²) in [5, 5.41) is 18.8. The smallest absolute Gasteiger partial charge is 0.326 e. The topological polar surface area (TPSA) is 79.6 Å². The summed E-state index contributed by atoms with van der Waals surface area (Å²) in [5.74, 6) is -0.922. The van der Waals surface area contributed by atoms with Crippen LogP contribution in [0.4, 0.5) is 3.89 Å². The zero-order chi connectivity index (χ0) is 15.2. The van der Waals surface area contributed by atoms with Gasteiger partial charge in [0.1, 0.15) is 0 Å². The van der Waals surface area contributed by atoms with E-state index in [0.29, 0.717) is 5.56 Å². The van der Waals surface area contributed by atoms with Gasteiger partial charge in [-0.3, -0.25) is 4.79 Å². The van der Waals surface area contributed by atoms with Crippen LogP contribution in [-0.2, 0) is 16.0 Å². The predicted molar refractivity (Wildman–Crippen MR) is 71.5 cm³/mol. The van der Waals surface area contributed by atoms with Crippen molar-refractivity contribution in [2.45, 2.75) is 20.3 Å². The molecular formula is C13H14FNO4S. The van der Waals surface area contributed by atoms with Gasteiger partial charge in [-0.2, -0.15) is 5.26 Å². The third-order valence-electron chi connectivity index (χ3n) is 2.68. The Morgan fingerprint density at radius 1 is 1.60 bits per heavy atom. The second-order valence-corrected chi connectivity index (χ2v) is 4.58. The second kappa shape index (κ2) is 7.01. The largest absolute Gasteiger partial charge is 0.504 e. The summed E-state index contributed by atoms with van der Waals surface area (Å²) in [6, 6.07) is 6.14. The van der Waals surface area contributed by atoms with Gasteiger partial charge in [0.2, 0.25) is 0 Å². The minimum atomic E-state index is -1.35. The first kappa shape index (κ1) is 16.1. The monoisotopic (exact) mass is 299 g/mol. The van der Waals surface area contributed by atoms with Crippen molar-refractivity contribution in [2.24, 2.45) is 5.41 Å². The van der Waals surface area contributed by atoms with Crippen LogP contribution in [0.15, 0.2) is 18.2 Å². The van der Waals surface area contributed by atoms with Crippen LogP contribution >= 0.6 is 12.4 Å². The molecule has 1 aromatic carbocycles. The van der Waals surface area contributed by atoms with Crippen LogP contribution in [0, 0.1) is 16.7 Å². The lowest BCUT2D eigenvalue weighted by Gasteiger charge is -2.19. The minimum absolute atomic E-state index is 0.0314. The standard InChI is InChI=1S/C13H14FNO4S/c1-3-18-12(17)13(2,8-15)7-9-4-5-11(19-20-14)10(16)6-9/h4-6,16H,3,7H2,1-2H3. The van der Waals surface area contributed by atoms with Crippen LogP contribution < -0.4 is 4.18 Å². The Labute approximate surface area is 120 Å². The molecular weight excluding hydrogens is 285 g/mol. The number of aromatic hydroxyl groups is 1. The van der Waals surface area contributed by atoms with Gasteiger partial charge < -0.3 is 14.0 Å². The number of carbonyl (C=O) groups is 1. The summed E-state index contributed by atoms with van der Waals surface area (Å²) in [6.45, 7) is 3.30. The van der Waals surface area contributed by atoms with Crippen molar-refractivity contribution in [1.82, 2.24) is 0 Å². The molecule has 7 heteroatoms. The van der Waals surface area contributed by atoms with E-state index in [1.807, 2.05) is 6.07 Å². The Bertz CT molecular complexity index is 532. The SMILES string of the molecule is CCOC(=O)C(C)(C#N)Cc1ccc(OSF)c(O)c1. The number of benzene rings is 1. The first-order chi connectivity index (χ1) is 9.46. The van der Waals surface area contributed by atoms with E-state index < -0.39 is 11.4 Å². The van der Waals surface area contributed by atoms with E-state index in [1.54, 1.807) is 13.0 Å². The Morgan fingerprint density at radius 3 is 2.80 bits per heavy atom. The van der Waals surface area contributed by atoms with E-state index in [4.69, 9.17) is 10.00 Å². The number of esters is 1. The van der Waals surface area contributed by atoms with Crippen molar-refractivity contribution in [2.75, 3.05) is 6.61 Å². The van der Waals surface area contributed by atoms with Crippen molar-refractivity contribution < 1.29 is 22.7 Å². The van der Waals surface area contributed by atoms with Gasteiger partial charge in [0.25, 0.3) is 12.4 Å². The number of hydrogen-bond acceptors (Lipinski definition) is 6. The zero-order valence-corrected chi connectivity index (χ0v) is 11.9. The molecule has 0 fully saturated rings. The van der Waals surface area contributed by atoms with Gasteiger partial charge in [-0.1, -0.05) is 6.07 Å². The fourth-order valence-corrected chi connectivity index (χ4v) is 1.84. The summed E-state index contributed by atoms with van der Waals surface area (Å²) in [4.78, 5) is 11.8. The predicted octanol–water partition coefficient (Wildman–Crippen LogP) is 2.94. The zero-order valence-electron chi connectivity index (χ0n) is 11.1. The summed E-state index contributed by atoms with van der Waals surface area (Å²) in [7, 11) is 0. The first-order valence-corrected chi connectivity index (χ1v) is 6.46. The molecule has 0 saturated heterocycles. The summed E-state index contributed by atoms with van der Waals surface area (Å²) in [5.41, 5.74) is -0.810.